The van der Waals surface area contributed by atoms with Crippen LogP contribution in [0.3, 0.4) is 0 Å². The predicted molar refractivity (Wildman–Crippen MR) is 72.5 cm³/mol. The van der Waals surface area contributed by atoms with Crippen molar-refractivity contribution in [1.29, 1.82) is 0 Å². The molecule has 0 radical (unpaired) electrons. The van der Waals surface area contributed by atoms with Gasteiger partial charge in [-0.25, -0.2) is 0 Å². The third-order valence-electron chi connectivity index (χ3n) is 5.34. The number of hydrogen-bond donors (Lipinski definition) is 1. The number of carboxylic acid groups (broad SMARTS) is 1. The third kappa shape index (κ3) is 1.41. The Bertz CT molecular complexity index is 547. The van der Waals surface area contributed by atoms with Crippen molar-refractivity contribution < 1.29 is 14.6 Å². The quantitative estimate of drug-likeness (QED) is 0.889. The average Bonchev–Trinajstić information content (AvgIpc) is 2.85. The van der Waals surface area contributed by atoms with E-state index in [2.05, 4.69) is 26.0 Å². The van der Waals surface area contributed by atoms with E-state index >= 15 is 0 Å². The molecule has 1 N–H and O–H groups in total. The molecule has 0 heterocycles. The van der Waals surface area contributed by atoms with Gasteiger partial charge in [0.05, 0.1) is 13.0 Å². The normalized spacial score (nSPS) is 30.8. The van der Waals surface area contributed by atoms with Crippen molar-refractivity contribution in [3.8, 4) is 5.75 Å². The minimum Gasteiger partial charge on any atom is -0.497 e. The maximum absolute atomic E-state index is 11.6. The Balaban J connectivity index is 2.12. The van der Waals surface area contributed by atoms with Crippen LogP contribution in [-0.4, -0.2) is 18.2 Å². The molecule has 0 amide bonds. The molecule has 2 aliphatic rings. The number of fused-ring (bicyclic) bond motifs is 2. The monoisotopic (exact) mass is 260 g/mol. The van der Waals surface area contributed by atoms with Gasteiger partial charge in [0.15, 0.2) is 0 Å². The molecule has 3 heteroatoms. The van der Waals surface area contributed by atoms with Crippen LogP contribution in [-0.2, 0) is 16.6 Å². The van der Waals surface area contributed by atoms with Crippen molar-refractivity contribution in [2.24, 2.45) is 11.3 Å². The summed E-state index contributed by atoms with van der Waals surface area (Å²) in [5.74, 6) is -0.0535. The zero-order valence-electron chi connectivity index (χ0n) is 11.7. The summed E-state index contributed by atoms with van der Waals surface area (Å²) in [6.45, 7) is 4.18. The van der Waals surface area contributed by atoms with Crippen LogP contribution in [0.15, 0.2) is 18.2 Å². The van der Waals surface area contributed by atoms with Crippen LogP contribution in [0.2, 0.25) is 0 Å². The van der Waals surface area contributed by atoms with E-state index in [0.29, 0.717) is 0 Å². The SMILES string of the molecule is COc1ccc2c(c1)CCCC21C(C(=O)O)C1(C)C. The van der Waals surface area contributed by atoms with Crippen LogP contribution >= 0.6 is 0 Å². The standard InChI is InChI=1S/C16H20O3/c1-15(2)13(14(17)18)16(15)8-4-5-10-9-11(19-3)6-7-12(10)16/h6-7,9,13H,4-5,8H2,1-3H3,(H,17,18). The highest BCUT2D eigenvalue weighted by molar-refractivity contribution is 5.80. The van der Waals surface area contributed by atoms with E-state index in [4.69, 9.17) is 4.74 Å². The highest BCUT2D eigenvalue weighted by Gasteiger charge is 2.75. The van der Waals surface area contributed by atoms with Crippen molar-refractivity contribution >= 4 is 5.97 Å². The van der Waals surface area contributed by atoms with Crippen LogP contribution in [0.25, 0.3) is 0 Å². The fraction of sp³-hybridized carbons (Fsp3) is 0.562. The van der Waals surface area contributed by atoms with Crippen LogP contribution in [0, 0.1) is 11.3 Å². The molecule has 2 aliphatic carbocycles. The van der Waals surface area contributed by atoms with Crippen molar-refractivity contribution in [3.05, 3.63) is 29.3 Å². The molecule has 1 spiro atoms. The molecular weight excluding hydrogens is 240 g/mol. The summed E-state index contributed by atoms with van der Waals surface area (Å²) in [6, 6.07) is 6.11. The molecule has 1 aromatic carbocycles. The molecule has 3 rings (SSSR count). The second-order valence-corrected chi connectivity index (χ2v) is 6.34. The number of carboxylic acids is 1. The molecule has 0 bridgehead atoms. The first-order valence-corrected chi connectivity index (χ1v) is 6.85. The van der Waals surface area contributed by atoms with Crippen LogP contribution in [0.1, 0.15) is 37.8 Å². The lowest BCUT2D eigenvalue weighted by Gasteiger charge is -2.29. The number of ether oxygens (including phenoxy) is 1. The Kier molecular flexibility index (Phi) is 2.47. The van der Waals surface area contributed by atoms with E-state index in [1.165, 1.54) is 11.1 Å². The molecule has 1 fully saturated rings. The van der Waals surface area contributed by atoms with Gasteiger partial charge < -0.3 is 9.84 Å². The second-order valence-electron chi connectivity index (χ2n) is 6.34. The van der Waals surface area contributed by atoms with Gasteiger partial charge in [0.25, 0.3) is 0 Å². The molecule has 2 unspecified atom stereocenters. The van der Waals surface area contributed by atoms with E-state index < -0.39 is 5.97 Å². The lowest BCUT2D eigenvalue weighted by atomic mass is 9.75. The fourth-order valence-corrected chi connectivity index (χ4v) is 4.37. The van der Waals surface area contributed by atoms with E-state index in [1.807, 2.05) is 6.07 Å². The fourth-order valence-electron chi connectivity index (χ4n) is 4.37. The second kappa shape index (κ2) is 3.75. The van der Waals surface area contributed by atoms with Crippen LogP contribution in [0.5, 0.6) is 5.75 Å². The Labute approximate surface area is 113 Å². The highest BCUT2D eigenvalue weighted by atomic mass is 16.5. The number of aryl methyl sites for hydroxylation is 1. The molecule has 19 heavy (non-hydrogen) atoms. The molecule has 1 saturated carbocycles. The Hall–Kier alpha value is -1.51. The summed E-state index contributed by atoms with van der Waals surface area (Å²) >= 11 is 0. The number of rotatable bonds is 2. The Morgan fingerprint density at radius 1 is 1.42 bits per heavy atom. The molecular formula is C16H20O3. The zero-order valence-corrected chi connectivity index (χ0v) is 11.7. The van der Waals surface area contributed by atoms with E-state index in [-0.39, 0.29) is 16.7 Å². The molecule has 1 aromatic rings. The van der Waals surface area contributed by atoms with Crippen molar-refractivity contribution in [2.45, 2.75) is 38.5 Å². The number of carbonyl (C=O) groups is 1. The number of benzene rings is 1. The lowest BCUT2D eigenvalue weighted by Crippen LogP contribution is -2.23. The first-order valence-electron chi connectivity index (χ1n) is 6.85. The van der Waals surface area contributed by atoms with Gasteiger partial charge in [-0.15, -0.1) is 0 Å². The number of hydrogen-bond acceptors (Lipinski definition) is 2. The van der Waals surface area contributed by atoms with Crippen molar-refractivity contribution in [2.75, 3.05) is 7.11 Å². The summed E-state index contributed by atoms with van der Waals surface area (Å²) in [5, 5.41) is 9.51. The van der Waals surface area contributed by atoms with Crippen molar-refractivity contribution in [3.63, 3.8) is 0 Å². The first kappa shape index (κ1) is 12.5. The largest absolute Gasteiger partial charge is 0.497 e. The number of aliphatic carboxylic acids is 1. The third-order valence-corrected chi connectivity index (χ3v) is 5.34. The minimum atomic E-state index is -0.659. The molecule has 0 saturated heterocycles. The Morgan fingerprint density at radius 3 is 2.74 bits per heavy atom. The van der Waals surface area contributed by atoms with Gasteiger partial charge in [0.2, 0.25) is 0 Å². The van der Waals surface area contributed by atoms with E-state index in [9.17, 15) is 9.90 Å². The molecule has 102 valence electrons. The van der Waals surface area contributed by atoms with Gasteiger partial charge >= 0.3 is 5.97 Å². The molecule has 0 aliphatic heterocycles. The molecule has 3 nitrogen and oxygen atoms in total. The van der Waals surface area contributed by atoms with Gasteiger partial charge in [0, 0.05) is 5.41 Å². The van der Waals surface area contributed by atoms with Crippen LogP contribution < -0.4 is 4.74 Å². The topological polar surface area (TPSA) is 46.5 Å². The van der Waals surface area contributed by atoms with E-state index in [1.54, 1.807) is 7.11 Å². The molecule has 2 atom stereocenters. The Morgan fingerprint density at radius 2 is 2.16 bits per heavy atom. The lowest BCUT2D eigenvalue weighted by molar-refractivity contribution is -0.139. The van der Waals surface area contributed by atoms with E-state index in [0.717, 1.165) is 25.0 Å². The van der Waals surface area contributed by atoms with Gasteiger partial charge in [0.1, 0.15) is 5.75 Å². The van der Waals surface area contributed by atoms with Gasteiger partial charge in [-0.05, 0) is 47.9 Å². The summed E-state index contributed by atoms with van der Waals surface area (Å²) in [7, 11) is 1.67. The smallest absolute Gasteiger partial charge is 0.308 e. The van der Waals surface area contributed by atoms with Gasteiger partial charge in [-0.3, -0.25) is 4.79 Å². The minimum absolute atomic E-state index is 0.150. The first-order chi connectivity index (χ1) is 8.95. The zero-order chi connectivity index (χ0) is 13.8. The highest BCUT2D eigenvalue weighted by Crippen LogP contribution is 2.73. The number of methoxy groups -OCH3 is 1. The van der Waals surface area contributed by atoms with Gasteiger partial charge in [-0.2, -0.15) is 0 Å². The summed E-state index contributed by atoms with van der Waals surface area (Å²) in [5.41, 5.74) is 2.18. The van der Waals surface area contributed by atoms with Crippen LogP contribution in [0.4, 0.5) is 0 Å². The maximum atomic E-state index is 11.6. The predicted octanol–water partition coefficient (Wildman–Crippen LogP) is 3.01. The summed E-state index contributed by atoms with van der Waals surface area (Å²) < 4.78 is 5.28. The molecule has 0 aromatic heterocycles. The average molecular weight is 260 g/mol. The summed E-state index contributed by atoms with van der Waals surface area (Å²) in [6.07, 6.45) is 3.07. The van der Waals surface area contributed by atoms with Gasteiger partial charge in [-0.1, -0.05) is 19.9 Å². The maximum Gasteiger partial charge on any atom is 0.308 e. The summed E-state index contributed by atoms with van der Waals surface area (Å²) in [4.78, 5) is 11.6. The van der Waals surface area contributed by atoms with Crippen molar-refractivity contribution in [1.82, 2.24) is 0 Å².